The zero-order valence-corrected chi connectivity index (χ0v) is 17.4. The number of amides is 1. The molecule has 3 aromatic rings. The number of hydrogen-bond acceptors (Lipinski definition) is 5. The minimum absolute atomic E-state index is 0.0340. The molecule has 0 atom stereocenters. The Morgan fingerprint density at radius 2 is 1.68 bits per heavy atom. The van der Waals surface area contributed by atoms with Crippen LogP contribution >= 0.6 is 22.7 Å². The summed E-state index contributed by atoms with van der Waals surface area (Å²) in [6, 6.07) is 12.7. The van der Waals surface area contributed by atoms with E-state index in [4.69, 9.17) is 4.74 Å². The topological polar surface area (TPSA) is 46.6 Å². The van der Waals surface area contributed by atoms with Crippen LogP contribution in [-0.2, 0) is 0 Å². The maximum absolute atomic E-state index is 13.2. The van der Waals surface area contributed by atoms with E-state index >= 15 is 0 Å². The van der Waals surface area contributed by atoms with E-state index in [0.717, 1.165) is 16.8 Å². The van der Waals surface area contributed by atoms with Gasteiger partial charge in [0.2, 0.25) is 0 Å². The molecule has 0 fully saturated rings. The first-order valence-electron chi connectivity index (χ1n) is 8.84. The molecule has 0 N–H and O–H groups in total. The van der Waals surface area contributed by atoms with E-state index in [9.17, 15) is 9.59 Å². The maximum Gasteiger partial charge on any atom is 0.353 e. The van der Waals surface area contributed by atoms with E-state index in [0.29, 0.717) is 15.5 Å². The molecule has 1 aliphatic heterocycles. The summed E-state index contributed by atoms with van der Waals surface area (Å²) in [7, 11) is 0. The molecule has 0 aliphatic carbocycles. The highest BCUT2D eigenvalue weighted by Gasteiger charge is 2.36. The lowest BCUT2D eigenvalue weighted by Gasteiger charge is -2.41. The van der Waals surface area contributed by atoms with Crippen LogP contribution < -0.4 is 9.64 Å². The molecular weight excluding hydrogens is 390 g/mol. The fourth-order valence-electron chi connectivity index (χ4n) is 3.51. The summed E-state index contributed by atoms with van der Waals surface area (Å²) < 4.78 is 5.54. The summed E-state index contributed by atoms with van der Waals surface area (Å²) in [6.45, 7) is 6.06. The summed E-state index contributed by atoms with van der Waals surface area (Å²) in [5, 5.41) is 3.74. The number of thiophene rings is 2. The number of ether oxygens (including phenoxy) is 1. The van der Waals surface area contributed by atoms with Gasteiger partial charge in [-0.15, -0.1) is 22.7 Å². The van der Waals surface area contributed by atoms with Gasteiger partial charge in [-0.2, -0.15) is 0 Å². The van der Waals surface area contributed by atoms with Gasteiger partial charge in [0, 0.05) is 5.56 Å². The van der Waals surface area contributed by atoms with Crippen molar-refractivity contribution in [2.45, 2.75) is 26.3 Å². The van der Waals surface area contributed by atoms with Crippen molar-refractivity contribution >= 4 is 45.8 Å². The Bertz CT molecular complexity index is 1060. The molecule has 1 aliphatic rings. The number of rotatable bonds is 3. The van der Waals surface area contributed by atoms with Crippen LogP contribution in [0.1, 0.15) is 45.7 Å². The summed E-state index contributed by atoms with van der Waals surface area (Å²) in [4.78, 5) is 28.5. The molecular formula is C22H19NO3S2. The van der Waals surface area contributed by atoms with Crippen molar-refractivity contribution < 1.29 is 14.3 Å². The minimum Gasteiger partial charge on any atom is -0.422 e. The molecule has 4 nitrogen and oxygen atoms in total. The number of allylic oxidation sites excluding steroid dienone is 1. The molecule has 0 unspecified atom stereocenters. The predicted octanol–water partition coefficient (Wildman–Crippen LogP) is 5.87. The highest BCUT2D eigenvalue weighted by atomic mass is 32.1. The lowest BCUT2D eigenvalue weighted by molar-refractivity contribution is 0.0739. The van der Waals surface area contributed by atoms with Crippen LogP contribution in [0.4, 0.5) is 5.69 Å². The van der Waals surface area contributed by atoms with Gasteiger partial charge in [-0.25, -0.2) is 4.79 Å². The van der Waals surface area contributed by atoms with Crippen LogP contribution in [0.3, 0.4) is 0 Å². The van der Waals surface area contributed by atoms with Crippen molar-refractivity contribution in [3.63, 3.8) is 0 Å². The van der Waals surface area contributed by atoms with Gasteiger partial charge in [-0.3, -0.25) is 9.69 Å². The first kappa shape index (κ1) is 18.7. The second kappa shape index (κ2) is 7.04. The fraction of sp³-hybridized carbons (Fsp3) is 0.182. The molecule has 2 aromatic heterocycles. The largest absolute Gasteiger partial charge is 0.422 e. The lowest BCUT2D eigenvalue weighted by atomic mass is 9.88. The Morgan fingerprint density at radius 1 is 1.00 bits per heavy atom. The second-order valence-corrected chi connectivity index (χ2v) is 9.04. The molecule has 0 saturated heterocycles. The summed E-state index contributed by atoms with van der Waals surface area (Å²) in [5.41, 5.74) is 2.29. The van der Waals surface area contributed by atoms with Crippen LogP contribution in [0.15, 0.2) is 59.3 Å². The molecule has 0 radical (unpaired) electrons. The third kappa shape index (κ3) is 3.30. The van der Waals surface area contributed by atoms with Gasteiger partial charge in [0.05, 0.1) is 16.1 Å². The Balaban J connectivity index is 1.72. The molecule has 1 aromatic carbocycles. The minimum atomic E-state index is -0.465. The van der Waals surface area contributed by atoms with E-state index in [1.165, 1.54) is 22.7 Å². The van der Waals surface area contributed by atoms with Crippen LogP contribution in [0.2, 0.25) is 0 Å². The van der Waals surface area contributed by atoms with Gasteiger partial charge >= 0.3 is 5.97 Å². The van der Waals surface area contributed by atoms with Crippen LogP contribution in [0.25, 0.3) is 5.57 Å². The van der Waals surface area contributed by atoms with Crippen molar-refractivity contribution in [2.75, 3.05) is 4.90 Å². The predicted molar refractivity (Wildman–Crippen MR) is 115 cm³/mol. The molecule has 28 heavy (non-hydrogen) atoms. The highest BCUT2D eigenvalue weighted by Crippen LogP contribution is 2.41. The second-order valence-electron chi connectivity index (χ2n) is 7.14. The van der Waals surface area contributed by atoms with Crippen LogP contribution in [-0.4, -0.2) is 17.4 Å². The van der Waals surface area contributed by atoms with Crippen molar-refractivity contribution in [1.29, 1.82) is 0 Å². The number of anilines is 1. The third-order valence-electron chi connectivity index (χ3n) is 4.65. The number of esters is 1. The number of fused-ring (bicyclic) bond motifs is 1. The van der Waals surface area contributed by atoms with Gasteiger partial charge in [0.1, 0.15) is 10.6 Å². The average Bonchev–Trinajstić information content (AvgIpc) is 3.35. The third-order valence-corrected chi connectivity index (χ3v) is 6.36. The van der Waals surface area contributed by atoms with Gasteiger partial charge in [0.25, 0.3) is 5.91 Å². The average molecular weight is 410 g/mol. The van der Waals surface area contributed by atoms with Crippen molar-refractivity contribution in [3.8, 4) is 5.75 Å². The molecule has 1 amide bonds. The molecule has 0 saturated carbocycles. The first-order chi connectivity index (χ1) is 13.4. The number of benzene rings is 1. The number of nitrogens with zero attached hydrogens (tertiary/aromatic N) is 1. The normalized spacial score (nSPS) is 15.0. The fourth-order valence-corrected chi connectivity index (χ4v) is 4.76. The monoisotopic (exact) mass is 409 g/mol. The van der Waals surface area contributed by atoms with Crippen molar-refractivity contribution in [2.24, 2.45) is 0 Å². The zero-order chi connectivity index (χ0) is 19.9. The first-order valence-corrected chi connectivity index (χ1v) is 10.6. The van der Waals surface area contributed by atoms with Gasteiger partial charge in [-0.05, 0) is 67.4 Å². The molecule has 0 spiro atoms. The zero-order valence-electron chi connectivity index (χ0n) is 15.8. The van der Waals surface area contributed by atoms with Gasteiger partial charge in [-0.1, -0.05) is 18.2 Å². The molecule has 4 rings (SSSR count). The highest BCUT2D eigenvalue weighted by molar-refractivity contribution is 7.12. The van der Waals surface area contributed by atoms with Crippen LogP contribution in [0, 0.1) is 0 Å². The molecule has 6 heteroatoms. The quantitative estimate of drug-likeness (QED) is 0.401. The molecule has 3 heterocycles. The molecule has 142 valence electrons. The lowest BCUT2D eigenvalue weighted by Crippen LogP contribution is -2.48. The standard InChI is InChI=1S/C22H19NO3S2/c1-14-13-22(2,3)23(20(24)18-6-4-10-27-18)17-9-8-15(12-16(14)17)26-21(25)19-7-5-11-28-19/h4-13H,1-3H3. The maximum atomic E-state index is 13.2. The van der Waals surface area contributed by atoms with E-state index in [1.54, 1.807) is 12.1 Å². The number of carbonyl (C=O) groups is 2. The summed E-state index contributed by atoms with van der Waals surface area (Å²) in [6.07, 6.45) is 2.08. The summed E-state index contributed by atoms with van der Waals surface area (Å²) >= 11 is 2.78. The van der Waals surface area contributed by atoms with Crippen LogP contribution in [0.5, 0.6) is 5.75 Å². The van der Waals surface area contributed by atoms with Crippen molar-refractivity contribution in [1.82, 2.24) is 0 Å². The van der Waals surface area contributed by atoms with E-state index < -0.39 is 5.54 Å². The Hall–Kier alpha value is -2.70. The summed E-state index contributed by atoms with van der Waals surface area (Å²) in [5.74, 6) is 0.0562. The van der Waals surface area contributed by atoms with Gasteiger partial charge in [0.15, 0.2) is 0 Å². The SMILES string of the molecule is CC1=CC(C)(C)N(C(=O)c2cccs2)c2ccc(OC(=O)c3cccs3)cc21. The number of carbonyl (C=O) groups excluding carboxylic acids is 2. The van der Waals surface area contributed by atoms with E-state index in [2.05, 4.69) is 6.08 Å². The Labute approximate surface area is 171 Å². The van der Waals surface area contributed by atoms with E-state index in [1.807, 2.05) is 66.8 Å². The smallest absolute Gasteiger partial charge is 0.353 e. The molecule has 0 bridgehead atoms. The van der Waals surface area contributed by atoms with Crippen molar-refractivity contribution in [3.05, 3.63) is 74.6 Å². The van der Waals surface area contributed by atoms with Gasteiger partial charge < -0.3 is 4.74 Å². The Kier molecular flexibility index (Phi) is 4.69. The number of hydrogen-bond donors (Lipinski definition) is 0. The van der Waals surface area contributed by atoms with E-state index in [-0.39, 0.29) is 11.9 Å². The Morgan fingerprint density at radius 3 is 2.32 bits per heavy atom.